The summed E-state index contributed by atoms with van der Waals surface area (Å²) in [5.74, 6) is -1.45. The zero-order valence-corrected chi connectivity index (χ0v) is 25.9. The summed E-state index contributed by atoms with van der Waals surface area (Å²) in [4.78, 5) is 65.2. The van der Waals surface area contributed by atoms with Crippen LogP contribution in [0.25, 0.3) is 0 Å². The maximum absolute atomic E-state index is 13.1. The van der Waals surface area contributed by atoms with E-state index >= 15 is 0 Å². The monoisotopic (exact) mass is 596 g/mol. The van der Waals surface area contributed by atoms with Crippen LogP contribution in [0.2, 0.25) is 0 Å². The average Bonchev–Trinajstić information content (AvgIpc) is 3.61. The van der Waals surface area contributed by atoms with Crippen molar-refractivity contribution in [3.8, 4) is 0 Å². The Kier molecular flexibility index (Phi) is 15.2. The Morgan fingerprint density at radius 1 is 0.952 bits per heavy atom. The molecule has 0 aliphatic carbocycles. The van der Waals surface area contributed by atoms with Crippen LogP contribution in [-0.2, 0) is 33.4 Å². The predicted octanol–water partition coefficient (Wildman–Crippen LogP) is 0.0563. The molecule has 0 aromatic carbocycles. The molecule has 0 aromatic rings. The molecule has 13 heteroatoms. The number of amides is 5. The van der Waals surface area contributed by atoms with E-state index in [0.29, 0.717) is 39.1 Å². The first-order valence-electron chi connectivity index (χ1n) is 15.2. The molecule has 2 fully saturated rings. The fraction of sp³-hybridized carbons (Fsp3) is 0.828. The van der Waals surface area contributed by atoms with E-state index in [-0.39, 0.29) is 62.3 Å². The fourth-order valence-electron chi connectivity index (χ4n) is 5.06. The first kappa shape index (κ1) is 35.4. The molecule has 0 radical (unpaired) electrons. The van der Waals surface area contributed by atoms with Crippen molar-refractivity contribution in [3.63, 3.8) is 0 Å². The van der Waals surface area contributed by atoms with Crippen LogP contribution in [0.3, 0.4) is 0 Å². The van der Waals surface area contributed by atoms with Crippen LogP contribution in [0.1, 0.15) is 78.6 Å². The molecule has 2 aliphatic heterocycles. The summed E-state index contributed by atoms with van der Waals surface area (Å²) in [6.45, 7) is 8.84. The lowest BCUT2D eigenvalue weighted by atomic mass is 10.1. The first-order chi connectivity index (χ1) is 19.9. The standard InChI is InChI=1S/C29H52N6O7/c1-21(41-19-13-29(2,3)42-18-12-24(30)36)11-14-31-25(37)10-9-22(28(40)35-16-5-6-17-35)33-26(38)20-32-27(39)23-8-7-15-34(23)4/h21-23H,5-20H2,1-4H3,(H2,30,36)(H,31,37)(H,32,39)(H,33,38). The van der Waals surface area contributed by atoms with Crippen molar-refractivity contribution >= 4 is 29.5 Å². The maximum atomic E-state index is 13.1. The third kappa shape index (κ3) is 13.5. The van der Waals surface area contributed by atoms with Gasteiger partial charge in [-0.1, -0.05) is 0 Å². The number of hydrogen-bond acceptors (Lipinski definition) is 8. The number of ether oxygens (including phenoxy) is 2. The molecule has 240 valence electrons. The summed E-state index contributed by atoms with van der Waals surface area (Å²) in [6.07, 6.45) is 5.11. The number of nitrogens with zero attached hydrogens (tertiary/aromatic N) is 2. The van der Waals surface area contributed by atoms with Gasteiger partial charge in [-0.05, 0) is 79.3 Å². The quantitative estimate of drug-likeness (QED) is 0.162. The molecule has 5 N–H and O–H groups in total. The fourth-order valence-corrected chi connectivity index (χ4v) is 5.06. The number of nitrogens with one attached hydrogen (secondary N) is 3. The molecule has 0 saturated carbocycles. The minimum atomic E-state index is -0.830. The molecule has 13 nitrogen and oxygen atoms in total. The van der Waals surface area contributed by atoms with E-state index in [1.165, 1.54) is 0 Å². The lowest BCUT2D eigenvalue weighted by molar-refractivity contribution is -0.136. The van der Waals surface area contributed by atoms with E-state index < -0.39 is 23.5 Å². The van der Waals surface area contributed by atoms with Gasteiger partial charge in [0.15, 0.2) is 0 Å². The van der Waals surface area contributed by atoms with Crippen molar-refractivity contribution in [1.82, 2.24) is 25.8 Å². The molecule has 2 heterocycles. The van der Waals surface area contributed by atoms with Gasteiger partial charge in [0.1, 0.15) is 6.04 Å². The zero-order chi connectivity index (χ0) is 31.1. The van der Waals surface area contributed by atoms with E-state index in [0.717, 1.165) is 32.2 Å². The van der Waals surface area contributed by atoms with E-state index in [4.69, 9.17) is 15.2 Å². The minimum Gasteiger partial charge on any atom is -0.378 e. The Balaban J connectivity index is 1.71. The second-order valence-corrected chi connectivity index (χ2v) is 11.9. The van der Waals surface area contributed by atoms with Gasteiger partial charge in [0.05, 0.1) is 30.9 Å². The van der Waals surface area contributed by atoms with Crippen molar-refractivity contribution in [3.05, 3.63) is 0 Å². The van der Waals surface area contributed by atoms with Gasteiger partial charge in [0.2, 0.25) is 29.5 Å². The van der Waals surface area contributed by atoms with Gasteiger partial charge in [-0.3, -0.25) is 28.9 Å². The van der Waals surface area contributed by atoms with Crippen molar-refractivity contribution in [2.24, 2.45) is 5.73 Å². The minimum absolute atomic E-state index is 0.0792. The van der Waals surface area contributed by atoms with E-state index in [1.54, 1.807) is 4.90 Å². The number of rotatable bonds is 19. The van der Waals surface area contributed by atoms with Gasteiger partial charge in [0, 0.05) is 39.1 Å². The van der Waals surface area contributed by atoms with E-state index in [9.17, 15) is 24.0 Å². The molecule has 2 aliphatic rings. The molecule has 5 amide bonds. The Bertz CT molecular complexity index is 909. The number of carbonyl (C=O) groups excluding carboxylic acids is 5. The summed E-state index contributed by atoms with van der Waals surface area (Å²) < 4.78 is 11.5. The molecule has 0 spiro atoms. The summed E-state index contributed by atoms with van der Waals surface area (Å²) >= 11 is 0. The number of likely N-dealkylation sites (N-methyl/N-ethyl adjacent to an activating group) is 1. The summed E-state index contributed by atoms with van der Waals surface area (Å²) in [5, 5.41) is 8.28. The van der Waals surface area contributed by atoms with Crippen LogP contribution in [0.5, 0.6) is 0 Å². The van der Waals surface area contributed by atoms with Crippen LogP contribution < -0.4 is 21.7 Å². The molecule has 3 atom stereocenters. The molecule has 0 bridgehead atoms. The van der Waals surface area contributed by atoms with Crippen LogP contribution in [0.15, 0.2) is 0 Å². The van der Waals surface area contributed by atoms with Gasteiger partial charge in [0.25, 0.3) is 0 Å². The highest BCUT2D eigenvalue weighted by atomic mass is 16.5. The Hall–Kier alpha value is -2.77. The molecule has 0 aromatic heterocycles. The summed E-state index contributed by atoms with van der Waals surface area (Å²) in [7, 11) is 1.88. The first-order valence-corrected chi connectivity index (χ1v) is 15.2. The highest BCUT2D eigenvalue weighted by Gasteiger charge is 2.30. The van der Waals surface area contributed by atoms with Crippen LogP contribution in [-0.4, -0.2) is 116 Å². The number of nitrogens with two attached hydrogens (primary N) is 1. The van der Waals surface area contributed by atoms with Crippen molar-refractivity contribution in [2.45, 2.75) is 102 Å². The van der Waals surface area contributed by atoms with Crippen LogP contribution >= 0.6 is 0 Å². The molecule has 2 saturated heterocycles. The molecule has 42 heavy (non-hydrogen) atoms. The van der Waals surface area contributed by atoms with Gasteiger partial charge in [-0.15, -0.1) is 0 Å². The third-order valence-corrected chi connectivity index (χ3v) is 7.78. The van der Waals surface area contributed by atoms with Crippen LogP contribution in [0, 0.1) is 0 Å². The van der Waals surface area contributed by atoms with Crippen molar-refractivity contribution < 1.29 is 33.4 Å². The second-order valence-electron chi connectivity index (χ2n) is 11.9. The highest BCUT2D eigenvalue weighted by molar-refractivity contribution is 5.91. The zero-order valence-electron chi connectivity index (χ0n) is 25.9. The second kappa shape index (κ2) is 18.0. The maximum Gasteiger partial charge on any atom is 0.245 e. The number of likely N-dealkylation sites (tertiary alicyclic amines) is 2. The highest BCUT2D eigenvalue weighted by Crippen LogP contribution is 2.16. The molecular weight excluding hydrogens is 544 g/mol. The summed E-state index contributed by atoms with van der Waals surface area (Å²) in [6, 6.07) is -1.07. The lowest BCUT2D eigenvalue weighted by Crippen LogP contribution is -2.51. The Labute approximate surface area is 249 Å². The number of carbonyl (C=O) groups is 5. The van der Waals surface area contributed by atoms with Crippen molar-refractivity contribution in [2.75, 3.05) is 53.0 Å². The topological polar surface area (TPSA) is 172 Å². The smallest absolute Gasteiger partial charge is 0.245 e. The van der Waals surface area contributed by atoms with E-state index in [2.05, 4.69) is 16.0 Å². The normalized spacial score (nSPS) is 18.9. The molecular formula is C29H52N6O7. The van der Waals surface area contributed by atoms with Gasteiger partial charge in [-0.25, -0.2) is 0 Å². The SMILES string of the molecule is CC(CCNC(=O)CCC(NC(=O)CNC(=O)C1CCCN1C)C(=O)N1CCCC1)OCCC(C)(C)OCCC(N)=O. The Morgan fingerprint density at radius 3 is 2.31 bits per heavy atom. The molecule has 2 rings (SSSR count). The van der Waals surface area contributed by atoms with Gasteiger partial charge < -0.3 is 36.1 Å². The largest absolute Gasteiger partial charge is 0.378 e. The lowest BCUT2D eigenvalue weighted by Gasteiger charge is -2.26. The summed E-state index contributed by atoms with van der Waals surface area (Å²) in [5.41, 5.74) is 4.70. The van der Waals surface area contributed by atoms with E-state index in [1.807, 2.05) is 32.7 Å². The third-order valence-electron chi connectivity index (χ3n) is 7.78. The van der Waals surface area contributed by atoms with Gasteiger partial charge >= 0.3 is 0 Å². The van der Waals surface area contributed by atoms with Gasteiger partial charge in [-0.2, -0.15) is 0 Å². The van der Waals surface area contributed by atoms with Crippen LogP contribution in [0.4, 0.5) is 0 Å². The van der Waals surface area contributed by atoms with Crippen molar-refractivity contribution in [1.29, 1.82) is 0 Å². The average molecular weight is 597 g/mol. The number of hydrogen-bond donors (Lipinski definition) is 4. The Morgan fingerprint density at radius 2 is 1.67 bits per heavy atom. The molecule has 3 unspecified atom stereocenters. The number of primary amides is 1. The predicted molar refractivity (Wildman–Crippen MR) is 157 cm³/mol.